The minimum atomic E-state index is -0.559. The predicted octanol–water partition coefficient (Wildman–Crippen LogP) is 3.27. The van der Waals surface area contributed by atoms with Crippen LogP contribution < -0.4 is 11.1 Å². The van der Waals surface area contributed by atoms with E-state index in [9.17, 15) is 9.18 Å². The van der Waals surface area contributed by atoms with Gasteiger partial charge in [0.1, 0.15) is 5.82 Å². The molecule has 0 aliphatic carbocycles. The number of aromatic amines is 1. The summed E-state index contributed by atoms with van der Waals surface area (Å²) in [4.78, 5) is 12.1. The fourth-order valence-corrected chi connectivity index (χ4v) is 2.21. The third-order valence-electron chi connectivity index (χ3n) is 2.83. The number of H-pyrrole nitrogens is 1. The number of hydrogen-bond donors (Lipinski definition) is 3. The average Bonchev–Trinajstić information content (AvgIpc) is 2.76. The Balaban J connectivity index is 2.29. The van der Waals surface area contributed by atoms with E-state index in [4.69, 9.17) is 5.73 Å². The van der Waals surface area contributed by atoms with Gasteiger partial charge in [-0.15, -0.1) is 0 Å². The van der Waals surface area contributed by atoms with E-state index in [2.05, 4.69) is 31.4 Å². The molecule has 4 N–H and O–H groups in total. The quantitative estimate of drug-likeness (QED) is 0.801. The van der Waals surface area contributed by atoms with E-state index < -0.39 is 11.7 Å². The van der Waals surface area contributed by atoms with Crippen LogP contribution in [0, 0.1) is 5.82 Å². The first-order valence-corrected chi connectivity index (χ1v) is 6.80. The Morgan fingerprint density at radius 3 is 2.75 bits per heavy atom. The number of nitrogen functional groups attached to an aromatic ring is 1. The maximum Gasteiger partial charge on any atom is 0.278 e. The van der Waals surface area contributed by atoms with Crippen molar-refractivity contribution in [3.8, 4) is 0 Å². The monoisotopic (exact) mass is 340 g/mol. The standard InChI is InChI=1S/C13H14BrFN4O/c1-6(2)10-9(16)12(19-18-10)13(20)17-11-7(14)4-3-5-8(11)15/h3-6H,16H2,1-2H3,(H,17,20)(H,18,19). The van der Waals surface area contributed by atoms with Gasteiger partial charge in [0.05, 0.1) is 17.1 Å². The molecule has 1 heterocycles. The van der Waals surface area contributed by atoms with Crippen LogP contribution in [0.5, 0.6) is 0 Å². The van der Waals surface area contributed by atoms with Crippen molar-refractivity contribution in [3.05, 3.63) is 39.9 Å². The molecule has 2 rings (SSSR count). The second-order valence-corrected chi connectivity index (χ2v) is 5.46. The summed E-state index contributed by atoms with van der Waals surface area (Å²) in [5.41, 5.74) is 6.96. The number of hydrogen-bond acceptors (Lipinski definition) is 3. The summed E-state index contributed by atoms with van der Waals surface area (Å²) >= 11 is 3.18. The minimum Gasteiger partial charge on any atom is -0.395 e. The molecule has 7 heteroatoms. The van der Waals surface area contributed by atoms with Gasteiger partial charge >= 0.3 is 0 Å². The van der Waals surface area contributed by atoms with Crippen LogP contribution in [-0.4, -0.2) is 16.1 Å². The zero-order valence-electron chi connectivity index (χ0n) is 11.0. The van der Waals surface area contributed by atoms with Crippen molar-refractivity contribution in [2.45, 2.75) is 19.8 Å². The van der Waals surface area contributed by atoms with Gasteiger partial charge in [0, 0.05) is 4.47 Å². The predicted molar refractivity (Wildman–Crippen MR) is 79.1 cm³/mol. The fourth-order valence-electron chi connectivity index (χ4n) is 1.77. The summed E-state index contributed by atoms with van der Waals surface area (Å²) in [6.07, 6.45) is 0. The Labute approximate surface area is 123 Å². The molecule has 106 valence electrons. The number of benzene rings is 1. The summed E-state index contributed by atoms with van der Waals surface area (Å²) in [7, 11) is 0. The van der Waals surface area contributed by atoms with Gasteiger partial charge in [-0.2, -0.15) is 5.10 Å². The van der Waals surface area contributed by atoms with Crippen LogP contribution in [0.3, 0.4) is 0 Å². The highest BCUT2D eigenvalue weighted by molar-refractivity contribution is 9.10. The zero-order valence-corrected chi connectivity index (χ0v) is 12.6. The van der Waals surface area contributed by atoms with Crippen molar-refractivity contribution in [1.29, 1.82) is 0 Å². The number of para-hydroxylation sites is 1. The van der Waals surface area contributed by atoms with Crippen molar-refractivity contribution in [1.82, 2.24) is 10.2 Å². The van der Waals surface area contributed by atoms with Gasteiger partial charge in [-0.25, -0.2) is 4.39 Å². The summed E-state index contributed by atoms with van der Waals surface area (Å²) in [5.74, 6) is -0.980. The molecule has 5 nitrogen and oxygen atoms in total. The molecule has 0 aliphatic rings. The van der Waals surface area contributed by atoms with E-state index in [-0.39, 0.29) is 23.0 Å². The molecule has 1 aromatic heterocycles. The smallest absolute Gasteiger partial charge is 0.278 e. The van der Waals surface area contributed by atoms with Gasteiger partial charge in [0.15, 0.2) is 5.69 Å². The highest BCUT2D eigenvalue weighted by atomic mass is 79.9. The molecule has 2 aromatic rings. The first kappa shape index (κ1) is 14.5. The lowest BCUT2D eigenvalue weighted by molar-refractivity contribution is 0.102. The molecule has 0 atom stereocenters. The van der Waals surface area contributed by atoms with Crippen molar-refractivity contribution in [3.63, 3.8) is 0 Å². The number of aromatic nitrogens is 2. The van der Waals surface area contributed by atoms with E-state index in [0.717, 1.165) is 0 Å². The highest BCUT2D eigenvalue weighted by Crippen LogP contribution is 2.27. The molecule has 0 saturated carbocycles. The molecule has 0 bridgehead atoms. The summed E-state index contributed by atoms with van der Waals surface area (Å²) in [5, 5.41) is 9.09. The molecule has 20 heavy (non-hydrogen) atoms. The molecular formula is C13H14BrFN4O. The van der Waals surface area contributed by atoms with Crippen LogP contribution in [0.25, 0.3) is 0 Å². The van der Waals surface area contributed by atoms with Gasteiger partial charge in [0.2, 0.25) is 0 Å². The lowest BCUT2D eigenvalue weighted by atomic mass is 10.1. The van der Waals surface area contributed by atoms with Crippen LogP contribution in [0.4, 0.5) is 15.8 Å². The van der Waals surface area contributed by atoms with Crippen molar-refractivity contribution < 1.29 is 9.18 Å². The first-order valence-electron chi connectivity index (χ1n) is 6.01. The minimum absolute atomic E-state index is 0.0591. The van der Waals surface area contributed by atoms with Crippen LogP contribution in [0.2, 0.25) is 0 Å². The number of rotatable bonds is 3. The summed E-state index contributed by atoms with van der Waals surface area (Å²) in [6.45, 7) is 3.86. The van der Waals surface area contributed by atoms with Gasteiger partial charge in [-0.05, 0) is 34.0 Å². The SMILES string of the molecule is CC(C)c1[nH]nc(C(=O)Nc2c(F)cccc2Br)c1N. The van der Waals surface area contributed by atoms with Crippen LogP contribution in [0.1, 0.15) is 35.9 Å². The second-order valence-electron chi connectivity index (χ2n) is 4.61. The summed E-state index contributed by atoms with van der Waals surface area (Å²) < 4.78 is 14.1. The molecule has 0 aliphatic heterocycles. The zero-order chi connectivity index (χ0) is 14.9. The van der Waals surface area contributed by atoms with Gasteiger partial charge in [-0.1, -0.05) is 19.9 Å². The van der Waals surface area contributed by atoms with E-state index >= 15 is 0 Å². The molecule has 1 aromatic carbocycles. The number of anilines is 2. The number of carbonyl (C=O) groups is 1. The Hall–Kier alpha value is -1.89. The largest absolute Gasteiger partial charge is 0.395 e. The lowest BCUT2D eigenvalue weighted by Crippen LogP contribution is -2.15. The number of halogens is 2. The van der Waals surface area contributed by atoms with Crippen molar-refractivity contribution in [2.75, 3.05) is 11.1 Å². The Bertz CT molecular complexity index is 634. The third kappa shape index (κ3) is 2.67. The highest BCUT2D eigenvalue weighted by Gasteiger charge is 2.20. The maximum absolute atomic E-state index is 13.7. The number of carbonyl (C=O) groups excluding carboxylic acids is 1. The van der Waals surface area contributed by atoms with E-state index in [0.29, 0.717) is 10.2 Å². The second kappa shape index (κ2) is 5.62. The number of nitrogens with one attached hydrogen (secondary N) is 2. The van der Waals surface area contributed by atoms with E-state index in [1.807, 2.05) is 13.8 Å². The van der Waals surface area contributed by atoms with Gasteiger partial charge < -0.3 is 11.1 Å². The van der Waals surface area contributed by atoms with Crippen LogP contribution >= 0.6 is 15.9 Å². The lowest BCUT2D eigenvalue weighted by Gasteiger charge is -2.07. The number of nitrogens with zero attached hydrogens (tertiary/aromatic N) is 1. The van der Waals surface area contributed by atoms with Crippen molar-refractivity contribution >= 4 is 33.2 Å². The van der Waals surface area contributed by atoms with Crippen LogP contribution in [0.15, 0.2) is 22.7 Å². The van der Waals surface area contributed by atoms with Crippen LogP contribution in [-0.2, 0) is 0 Å². The maximum atomic E-state index is 13.7. The molecule has 0 unspecified atom stereocenters. The molecule has 0 radical (unpaired) electrons. The van der Waals surface area contributed by atoms with Gasteiger partial charge in [-0.3, -0.25) is 9.89 Å². The number of nitrogens with two attached hydrogens (primary N) is 1. The first-order chi connectivity index (χ1) is 9.41. The topological polar surface area (TPSA) is 83.8 Å². The fraction of sp³-hybridized carbons (Fsp3) is 0.231. The van der Waals surface area contributed by atoms with E-state index in [1.165, 1.54) is 12.1 Å². The molecular weight excluding hydrogens is 327 g/mol. The molecule has 0 spiro atoms. The number of amides is 1. The third-order valence-corrected chi connectivity index (χ3v) is 3.49. The molecule has 0 fully saturated rings. The Morgan fingerprint density at radius 1 is 1.50 bits per heavy atom. The molecule has 0 saturated heterocycles. The summed E-state index contributed by atoms with van der Waals surface area (Å²) in [6, 6.07) is 4.43. The Morgan fingerprint density at radius 2 is 2.20 bits per heavy atom. The van der Waals surface area contributed by atoms with Crippen molar-refractivity contribution in [2.24, 2.45) is 0 Å². The van der Waals surface area contributed by atoms with E-state index in [1.54, 1.807) is 6.07 Å². The molecule has 1 amide bonds. The average molecular weight is 341 g/mol. The van der Waals surface area contributed by atoms with Gasteiger partial charge in [0.25, 0.3) is 5.91 Å². The normalized spacial score (nSPS) is 10.8. The Kier molecular flexibility index (Phi) is 4.08.